The molecule has 1 amide bonds. The van der Waals surface area contributed by atoms with Crippen LogP contribution in [0.5, 0.6) is 5.75 Å². The molecule has 0 aromatic heterocycles. The highest BCUT2D eigenvalue weighted by Crippen LogP contribution is 2.34. The Morgan fingerprint density at radius 3 is 2.50 bits per heavy atom. The summed E-state index contributed by atoms with van der Waals surface area (Å²) < 4.78 is 5.15. The first-order valence-corrected chi connectivity index (χ1v) is 6.26. The number of methoxy groups -OCH3 is 1. The van der Waals surface area contributed by atoms with Crippen molar-refractivity contribution in [2.24, 2.45) is 17.6 Å². The van der Waals surface area contributed by atoms with E-state index in [1.807, 2.05) is 12.1 Å². The summed E-state index contributed by atoms with van der Waals surface area (Å²) in [5, 5.41) is 0. The largest absolute Gasteiger partial charge is 0.497 e. The van der Waals surface area contributed by atoms with Gasteiger partial charge in [0.05, 0.1) is 7.11 Å². The third-order valence-corrected chi connectivity index (χ3v) is 3.65. The van der Waals surface area contributed by atoms with Gasteiger partial charge in [-0.05, 0) is 42.0 Å². The van der Waals surface area contributed by atoms with E-state index in [9.17, 15) is 4.79 Å². The van der Waals surface area contributed by atoms with Crippen molar-refractivity contribution in [1.29, 1.82) is 0 Å². The van der Waals surface area contributed by atoms with Gasteiger partial charge in [-0.1, -0.05) is 25.1 Å². The maximum absolute atomic E-state index is 11.3. The quantitative estimate of drug-likeness (QED) is 0.890. The van der Waals surface area contributed by atoms with Crippen molar-refractivity contribution in [2.45, 2.75) is 19.8 Å². The number of allylic oxidation sites excluding steroid dienone is 2. The van der Waals surface area contributed by atoms with E-state index in [1.165, 1.54) is 11.1 Å². The summed E-state index contributed by atoms with van der Waals surface area (Å²) >= 11 is 0. The highest BCUT2D eigenvalue weighted by molar-refractivity contribution is 5.79. The summed E-state index contributed by atoms with van der Waals surface area (Å²) in [5.41, 5.74) is 7.89. The Balaban J connectivity index is 2.19. The van der Waals surface area contributed by atoms with Gasteiger partial charge >= 0.3 is 0 Å². The van der Waals surface area contributed by atoms with E-state index in [0.29, 0.717) is 0 Å². The van der Waals surface area contributed by atoms with Crippen LogP contribution in [0.25, 0.3) is 5.57 Å². The van der Waals surface area contributed by atoms with E-state index in [4.69, 9.17) is 10.5 Å². The highest BCUT2D eigenvalue weighted by Gasteiger charge is 2.26. The Morgan fingerprint density at radius 2 is 2.00 bits per heavy atom. The normalized spacial score (nSPS) is 23.3. The number of carbonyl (C=O) groups excluding carboxylic acids is 1. The van der Waals surface area contributed by atoms with Crippen molar-refractivity contribution in [2.75, 3.05) is 7.11 Å². The Labute approximate surface area is 108 Å². The van der Waals surface area contributed by atoms with Gasteiger partial charge in [-0.2, -0.15) is 0 Å². The molecule has 2 atom stereocenters. The second-order valence-electron chi connectivity index (χ2n) is 4.83. The lowest BCUT2D eigenvalue weighted by Crippen LogP contribution is -2.29. The van der Waals surface area contributed by atoms with Gasteiger partial charge in [-0.3, -0.25) is 4.79 Å². The molecule has 0 bridgehead atoms. The maximum Gasteiger partial charge on any atom is 0.221 e. The van der Waals surface area contributed by atoms with Crippen LogP contribution < -0.4 is 10.5 Å². The SMILES string of the molecule is COc1ccc(C2=C[C@H](C)[C@H](C(N)=O)CC2)cc1. The van der Waals surface area contributed by atoms with Crippen LogP contribution in [0.2, 0.25) is 0 Å². The number of carbonyl (C=O) groups is 1. The smallest absolute Gasteiger partial charge is 0.221 e. The minimum absolute atomic E-state index is 0.0213. The predicted molar refractivity (Wildman–Crippen MR) is 72.1 cm³/mol. The molecule has 96 valence electrons. The molecule has 1 aliphatic rings. The van der Waals surface area contributed by atoms with Crippen molar-refractivity contribution < 1.29 is 9.53 Å². The molecular formula is C15H19NO2. The fraction of sp³-hybridized carbons (Fsp3) is 0.400. The van der Waals surface area contributed by atoms with Gasteiger partial charge in [0.2, 0.25) is 5.91 Å². The molecule has 0 saturated carbocycles. The summed E-state index contributed by atoms with van der Waals surface area (Å²) in [4.78, 5) is 11.3. The van der Waals surface area contributed by atoms with E-state index in [0.717, 1.165) is 18.6 Å². The summed E-state index contributed by atoms with van der Waals surface area (Å²) in [7, 11) is 1.66. The molecule has 1 aliphatic carbocycles. The monoisotopic (exact) mass is 245 g/mol. The number of primary amides is 1. The van der Waals surface area contributed by atoms with Crippen LogP contribution >= 0.6 is 0 Å². The number of hydrogen-bond donors (Lipinski definition) is 1. The van der Waals surface area contributed by atoms with Crippen LogP contribution in [-0.2, 0) is 4.79 Å². The molecule has 0 unspecified atom stereocenters. The molecule has 3 heteroatoms. The number of amides is 1. The van der Waals surface area contributed by atoms with Gasteiger partial charge in [-0.15, -0.1) is 0 Å². The summed E-state index contributed by atoms with van der Waals surface area (Å²) in [6, 6.07) is 8.03. The summed E-state index contributed by atoms with van der Waals surface area (Å²) in [6.07, 6.45) is 3.92. The van der Waals surface area contributed by atoms with Crippen molar-refractivity contribution in [3.8, 4) is 5.75 Å². The zero-order valence-corrected chi connectivity index (χ0v) is 10.8. The zero-order chi connectivity index (χ0) is 13.1. The van der Waals surface area contributed by atoms with E-state index in [1.54, 1.807) is 7.11 Å². The van der Waals surface area contributed by atoms with E-state index in [2.05, 4.69) is 25.1 Å². The van der Waals surface area contributed by atoms with Crippen molar-refractivity contribution in [3.05, 3.63) is 35.9 Å². The molecule has 3 nitrogen and oxygen atoms in total. The van der Waals surface area contributed by atoms with Crippen LogP contribution in [0.3, 0.4) is 0 Å². The van der Waals surface area contributed by atoms with Gasteiger partial charge in [0.25, 0.3) is 0 Å². The Hall–Kier alpha value is -1.77. The van der Waals surface area contributed by atoms with Gasteiger partial charge < -0.3 is 10.5 Å². The number of nitrogens with two attached hydrogens (primary N) is 1. The first-order chi connectivity index (χ1) is 8.61. The Kier molecular flexibility index (Phi) is 3.70. The average Bonchev–Trinajstić information content (AvgIpc) is 2.38. The number of benzene rings is 1. The first-order valence-electron chi connectivity index (χ1n) is 6.26. The third-order valence-electron chi connectivity index (χ3n) is 3.65. The van der Waals surface area contributed by atoms with E-state index in [-0.39, 0.29) is 17.7 Å². The molecule has 2 N–H and O–H groups in total. The minimum atomic E-state index is -0.187. The number of rotatable bonds is 3. The van der Waals surface area contributed by atoms with Crippen molar-refractivity contribution in [3.63, 3.8) is 0 Å². The molecule has 0 fully saturated rings. The molecule has 2 rings (SSSR count). The topological polar surface area (TPSA) is 52.3 Å². The van der Waals surface area contributed by atoms with Gasteiger partial charge in [0.1, 0.15) is 5.75 Å². The molecule has 1 aromatic rings. The van der Waals surface area contributed by atoms with Crippen LogP contribution in [0.15, 0.2) is 30.3 Å². The number of hydrogen-bond acceptors (Lipinski definition) is 2. The van der Waals surface area contributed by atoms with Gasteiger partial charge in [0.15, 0.2) is 0 Å². The molecule has 18 heavy (non-hydrogen) atoms. The van der Waals surface area contributed by atoms with Gasteiger partial charge in [-0.25, -0.2) is 0 Å². The molecular weight excluding hydrogens is 226 g/mol. The zero-order valence-electron chi connectivity index (χ0n) is 10.8. The molecule has 0 heterocycles. The standard InChI is InChI=1S/C15H19NO2/c1-10-9-12(5-8-14(10)15(16)17)11-3-6-13(18-2)7-4-11/h3-4,6-7,9-10,14H,5,8H2,1-2H3,(H2,16,17)/t10-,14+/m0/s1. The lowest BCUT2D eigenvalue weighted by molar-refractivity contribution is -0.123. The predicted octanol–water partition coefficient (Wildman–Crippen LogP) is 2.61. The highest BCUT2D eigenvalue weighted by atomic mass is 16.5. The molecule has 0 saturated heterocycles. The van der Waals surface area contributed by atoms with Crippen molar-refractivity contribution in [1.82, 2.24) is 0 Å². The van der Waals surface area contributed by atoms with E-state index < -0.39 is 0 Å². The molecule has 0 spiro atoms. The first kappa shape index (κ1) is 12.7. The summed E-state index contributed by atoms with van der Waals surface area (Å²) in [6.45, 7) is 2.05. The maximum atomic E-state index is 11.3. The molecule has 0 radical (unpaired) electrons. The second kappa shape index (κ2) is 5.25. The molecule has 1 aromatic carbocycles. The average molecular weight is 245 g/mol. The Morgan fingerprint density at radius 1 is 1.33 bits per heavy atom. The second-order valence-corrected chi connectivity index (χ2v) is 4.83. The van der Waals surface area contributed by atoms with Crippen LogP contribution in [0, 0.1) is 11.8 Å². The minimum Gasteiger partial charge on any atom is -0.497 e. The van der Waals surface area contributed by atoms with Crippen molar-refractivity contribution >= 4 is 11.5 Å². The molecule has 0 aliphatic heterocycles. The number of ether oxygens (including phenoxy) is 1. The fourth-order valence-corrected chi connectivity index (χ4v) is 2.54. The lowest BCUT2D eigenvalue weighted by Gasteiger charge is -2.25. The van der Waals surface area contributed by atoms with Crippen LogP contribution in [0.4, 0.5) is 0 Å². The van der Waals surface area contributed by atoms with Gasteiger partial charge in [0, 0.05) is 5.92 Å². The lowest BCUT2D eigenvalue weighted by atomic mass is 9.79. The third kappa shape index (κ3) is 2.55. The van der Waals surface area contributed by atoms with E-state index >= 15 is 0 Å². The fourth-order valence-electron chi connectivity index (χ4n) is 2.54. The van der Waals surface area contributed by atoms with Crippen LogP contribution in [-0.4, -0.2) is 13.0 Å². The van der Waals surface area contributed by atoms with Crippen LogP contribution in [0.1, 0.15) is 25.3 Å². The Bertz CT molecular complexity index is 462. The summed E-state index contributed by atoms with van der Waals surface area (Å²) in [5.74, 6) is 0.867.